The lowest BCUT2D eigenvalue weighted by Gasteiger charge is -2.05. The average Bonchev–Trinajstić information content (AvgIpc) is 3.31. The average molecular weight is 450 g/mol. The first-order valence-electron chi connectivity index (χ1n) is 7.98. The SMILES string of the molecule is CCn1c(SCC(=O)N/N=C/c2cc(O)ccc2Br)nnc1-c1ccco1. The zero-order valence-corrected chi connectivity index (χ0v) is 16.7. The summed E-state index contributed by atoms with van der Waals surface area (Å²) < 4.78 is 8.00. The highest BCUT2D eigenvalue weighted by molar-refractivity contribution is 9.10. The van der Waals surface area contributed by atoms with E-state index in [0.29, 0.717) is 28.8 Å². The molecule has 2 aromatic heterocycles. The number of thioether (sulfide) groups is 1. The summed E-state index contributed by atoms with van der Waals surface area (Å²) in [6, 6.07) is 8.38. The van der Waals surface area contributed by atoms with Crippen LogP contribution in [0, 0.1) is 0 Å². The number of hydrazone groups is 1. The van der Waals surface area contributed by atoms with E-state index < -0.39 is 0 Å². The fraction of sp³-hybridized carbons (Fsp3) is 0.176. The molecule has 0 aliphatic carbocycles. The second kappa shape index (κ2) is 8.87. The lowest BCUT2D eigenvalue weighted by Crippen LogP contribution is -2.20. The molecule has 0 atom stereocenters. The fourth-order valence-corrected chi connectivity index (χ4v) is 3.38. The number of furan rings is 1. The number of carbonyl (C=O) groups is 1. The fourth-order valence-electron chi connectivity index (χ4n) is 2.23. The predicted octanol–water partition coefficient (Wildman–Crippen LogP) is 3.27. The van der Waals surface area contributed by atoms with Crippen LogP contribution in [-0.4, -0.2) is 37.7 Å². The third-order valence-corrected chi connectivity index (χ3v) is 5.17. The van der Waals surface area contributed by atoms with Gasteiger partial charge in [0.05, 0.1) is 18.2 Å². The molecule has 0 radical (unpaired) electrons. The molecule has 0 aliphatic heterocycles. The molecule has 0 fully saturated rings. The van der Waals surface area contributed by atoms with Gasteiger partial charge in [-0.3, -0.25) is 9.36 Å². The van der Waals surface area contributed by atoms with E-state index in [4.69, 9.17) is 4.42 Å². The van der Waals surface area contributed by atoms with Crippen LogP contribution in [0.2, 0.25) is 0 Å². The number of benzene rings is 1. The maximum absolute atomic E-state index is 12.0. The number of phenols is 1. The minimum absolute atomic E-state index is 0.118. The van der Waals surface area contributed by atoms with E-state index in [9.17, 15) is 9.90 Å². The summed E-state index contributed by atoms with van der Waals surface area (Å²) in [6.07, 6.45) is 3.03. The van der Waals surface area contributed by atoms with Crippen LogP contribution in [0.1, 0.15) is 12.5 Å². The number of aromatic nitrogens is 3. The molecule has 1 amide bonds. The summed E-state index contributed by atoms with van der Waals surface area (Å²) in [4.78, 5) is 12.0. The van der Waals surface area contributed by atoms with Crippen molar-refractivity contribution in [3.05, 3.63) is 46.6 Å². The van der Waals surface area contributed by atoms with E-state index >= 15 is 0 Å². The molecule has 0 unspecified atom stereocenters. The summed E-state index contributed by atoms with van der Waals surface area (Å²) in [5.41, 5.74) is 3.10. The van der Waals surface area contributed by atoms with Crippen molar-refractivity contribution in [2.75, 3.05) is 5.75 Å². The van der Waals surface area contributed by atoms with Gasteiger partial charge in [0.25, 0.3) is 5.91 Å². The molecule has 2 N–H and O–H groups in total. The summed E-state index contributed by atoms with van der Waals surface area (Å²) in [5, 5.41) is 22.3. The van der Waals surface area contributed by atoms with Crippen LogP contribution >= 0.6 is 27.7 Å². The molecule has 3 aromatic rings. The normalized spacial score (nSPS) is 11.2. The van der Waals surface area contributed by atoms with E-state index in [0.717, 1.165) is 4.47 Å². The molecular weight excluding hydrogens is 434 g/mol. The van der Waals surface area contributed by atoms with Crippen LogP contribution in [0.4, 0.5) is 0 Å². The maximum Gasteiger partial charge on any atom is 0.250 e. The number of aromatic hydroxyl groups is 1. The van der Waals surface area contributed by atoms with Gasteiger partial charge < -0.3 is 9.52 Å². The van der Waals surface area contributed by atoms with E-state index in [2.05, 4.69) is 36.7 Å². The first-order chi connectivity index (χ1) is 13.1. The van der Waals surface area contributed by atoms with Gasteiger partial charge in [-0.05, 0) is 37.3 Å². The lowest BCUT2D eigenvalue weighted by atomic mass is 10.2. The Balaban J connectivity index is 1.58. The number of hydrogen-bond donors (Lipinski definition) is 2. The number of carbonyl (C=O) groups excluding carboxylic acids is 1. The zero-order valence-electron chi connectivity index (χ0n) is 14.3. The van der Waals surface area contributed by atoms with Crippen molar-refractivity contribution in [1.29, 1.82) is 0 Å². The number of amides is 1. The number of rotatable bonds is 7. The summed E-state index contributed by atoms with van der Waals surface area (Å²) in [5.74, 6) is 1.22. The monoisotopic (exact) mass is 449 g/mol. The Labute approximate surface area is 167 Å². The van der Waals surface area contributed by atoms with E-state index in [1.165, 1.54) is 24.0 Å². The Morgan fingerprint density at radius 3 is 3.04 bits per heavy atom. The van der Waals surface area contributed by atoms with Gasteiger partial charge in [-0.2, -0.15) is 5.10 Å². The van der Waals surface area contributed by atoms with Gasteiger partial charge in [0.2, 0.25) is 0 Å². The molecule has 8 nitrogen and oxygen atoms in total. The van der Waals surface area contributed by atoms with Crippen molar-refractivity contribution in [3.63, 3.8) is 0 Å². The second-order valence-electron chi connectivity index (χ2n) is 5.32. The number of nitrogens with one attached hydrogen (secondary N) is 1. The van der Waals surface area contributed by atoms with Crippen LogP contribution in [0.25, 0.3) is 11.6 Å². The van der Waals surface area contributed by atoms with Gasteiger partial charge in [0, 0.05) is 16.6 Å². The van der Waals surface area contributed by atoms with Gasteiger partial charge in [-0.15, -0.1) is 10.2 Å². The number of phenolic OH excluding ortho intramolecular Hbond substituents is 1. The summed E-state index contributed by atoms with van der Waals surface area (Å²) in [6.45, 7) is 2.62. The third kappa shape index (κ3) is 4.77. The van der Waals surface area contributed by atoms with Crippen molar-refractivity contribution < 1.29 is 14.3 Å². The molecule has 0 spiro atoms. The molecule has 0 bridgehead atoms. The van der Waals surface area contributed by atoms with E-state index in [1.54, 1.807) is 24.5 Å². The topological polar surface area (TPSA) is 106 Å². The molecule has 0 saturated carbocycles. The largest absolute Gasteiger partial charge is 0.508 e. The predicted molar refractivity (Wildman–Crippen MR) is 106 cm³/mol. The Morgan fingerprint density at radius 1 is 1.44 bits per heavy atom. The molecule has 0 aliphatic rings. The molecule has 27 heavy (non-hydrogen) atoms. The second-order valence-corrected chi connectivity index (χ2v) is 7.11. The van der Waals surface area contributed by atoms with Crippen LogP contribution in [-0.2, 0) is 11.3 Å². The Hall–Kier alpha value is -2.59. The highest BCUT2D eigenvalue weighted by Gasteiger charge is 2.16. The van der Waals surface area contributed by atoms with Gasteiger partial charge in [-0.25, -0.2) is 5.43 Å². The summed E-state index contributed by atoms with van der Waals surface area (Å²) in [7, 11) is 0. The highest BCUT2D eigenvalue weighted by Crippen LogP contribution is 2.24. The van der Waals surface area contributed by atoms with Crippen LogP contribution in [0.5, 0.6) is 5.75 Å². The van der Waals surface area contributed by atoms with Gasteiger partial charge >= 0.3 is 0 Å². The van der Waals surface area contributed by atoms with Crippen molar-refractivity contribution in [1.82, 2.24) is 20.2 Å². The minimum atomic E-state index is -0.280. The minimum Gasteiger partial charge on any atom is -0.508 e. The summed E-state index contributed by atoms with van der Waals surface area (Å²) >= 11 is 4.61. The van der Waals surface area contributed by atoms with E-state index in [-0.39, 0.29) is 17.4 Å². The third-order valence-electron chi connectivity index (χ3n) is 3.48. The van der Waals surface area contributed by atoms with Crippen LogP contribution in [0.3, 0.4) is 0 Å². The van der Waals surface area contributed by atoms with Gasteiger partial charge in [-0.1, -0.05) is 27.7 Å². The molecule has 10 heteroatoms. The number of nitrogens with zero attached hydrogens (tertiary/aromatic N) is 4. The molecule has 2 heterocycles. The zero-order chi connectivity index (χ0) is 19.2. The Morgan fingerprint density at radius 2 is 2.30 bits per heavy atom. The van der Waals surface area contributed by atoms with Crippen molar-refractivity contribution in [3.8, 4) is 17.3 Å². The molecule has 140 valence electrons. The lowest BCUT2D eigenvalue weighted by molar-refractivity contribution is -0.118. The molecule has 1 aromatic carbocycles. The van der Waals surface area contributed by atoms with Crippen molar-refractivity contribution in [2.45, 2.75) is 18.6 Å². The van der Waals surface area contributed by atoms with Gasteiger partial charge in [0.15, 0.2) is 16.7 Å². The van der Waals surface area contributed by atoms with Crippen molar-refractivity contribution >= 4 is 39.8 Å². The number of halogens is 1. The first-order valence-corrected chi connectivity index (χ1v) is 9.76. The molecule has 0 saturated heterocycles. The maximum atomic E-state index is 12.0. The van der Waals surface area contributed by atoms with Crippen LogP contribution < -0.4 is 5.43 Å². The Kier molecular flexibility index (Phi) is 6.30. The standard InChI is InChI=1S/C17H16BrN5O3S/c1-2-23-16(14-4-3-7-26-14)21-22-17(23)27-10-15(25)20-19-9-11-8-12(24)5-6-13(11)18/h3-9,24H,2,10H2,1H3,(H,20,25)/b19-9+. The molecular formula is C17H16BrN5O3S. The van der Waals surface area contributed by atoms with Crippen molar-refractivity contribution in [2.24, 2.45) is 5.10 Å². The van der Waals surface area contributed by atoms with Crippen LogP contribution in [0.15, 0.2) is 55.7 Å². The number of hydrogen-bond acceptors (Lipinski definition) is 7. The smallest absolute Gasteiger partial charge is 0.250 e. The first kappa shape index (κ1) is 19.2. The Bertz CT molecular complexity index is 956. The van der Waals surface area contributed by atoms with E-state index in [1.807, 2.05) is 17.6 Å². The molecule has 3 rings (SSSR count). The van der Waals surface area contributed by atoms with Gasteiger partial charge in [0.1, 0.15) is 5.75 Å². The highest BCUT2D eigenvalue weighted by atomic mass is 79.9. The quantitative estimate of drug-likeness (QED) is 0.325.